The molecule has 5 heteroatoms. The van der Waals surface area contributed by atoms with Gasteiger partial charge in [0.05, 0.1) is 5.60 Å². The lowest BCUT2D eigenvalue weighted by Gasteiger charge is -2.42. The third-order valence-corrected chi connectivity index (χ3v) is 4.34. The number of nitrogens with zero attached hydrogens (tertiary/aromatic N) is 1. The molecular formula is C15H31N3O2. The fourth-order valence-electron chi connectivity index (χ4n) is 2.37. The molecule has 1 saturated carbocycles. The average molecular weight is 285 g/mol. The molecule has 0 aliphatic heterocycles. The van der Waals surface area contributed by atoms with Crippen molar-refractivity contribution in [2.75, 3.05) is 41.0 Å². The van der Waals surface area contributed by atoms with E-state index in [-0.39, 0.29) is 5.60 Å². The van der Waals surface area contributed by atoms with Gasteiger partial charge in [0.25, 0.3) is 0 Å². The number of ether oxygens (including phenoxy) is 2. The van der Waals surface area contributed by atoms with Gasteiger partial charge in [-0.3, -0.25) is 4.99 Å². The molecule has 0 spiro atoms. The Morgan fingerprint density at radius 2 is 1.95 bits per heavy atom. The molecule has 0 saturated heterocycles. The molecule has 1 aliphatic carbocycles. The van der Waals surface area contributed by atoms with Gasteiger partial charge < -0.3 is 20.1 Å². The summed E-state index contributed by atoms with van der Waals surface area (Å²) in [7, 11) is 5.30. The number of nitrogens with one attached hydrogen (secondary N) is 2. The fourth-order valence-corrected chi connectivity index (χ4v) is 2.37. The summed E-state index contributed by atoms with van der Waals surface area (Å²) in [4.78, 5) is 4.27. The van der Waals surface area contributed by atoms with Gasteiger partial charge >= 0.3 is 0 Å². The third kappa shape index (κ3) is 5.29. The van der Waals surface area contributed by atoms with E-state index in [2.05, 4.69) is 29.5 Å². The van der Waals surface area contributed by atoms with Crippen molar-refractivity contribution in [2.24, 2.45) is 10.4 Å². The highest BCUT2D eigenvalue weighted by Gasteiger charge is 2.36. The molecule has 2 N–H and O–H groups in total. The van der Waals surface area contributed by atoms with E-state index in [1.807, 2.05) is 0 Å². The molecule has 1 rings (SSSR count). The molecule has 118 valence electrons. The van der Waals surface area contributed by atoms with Crippen LogP contribution in [0.15, 0.2) is 4.99 Å². The number of rotatable bonds is 8. The lowest BCUT2D eigenvalue weighted by molar-refractivity contribution is 0.0266. The summed E-state index contributed by atoms with van der Waals surface area (Å²) < 4.78 is 10.6. The number of hydrogen-bond acceptors (Lipinski definition) is 3. The average Bonchev–Trinajstić information content (AvgIpc) is 2.40. The lowest BCUT2D eigenvalue weighted by atomic mass is 9.67. The maximum absolute atomic E-state index is 5.40. The number of guanidine groups is 1. The molecule has 0 bridgehead atoms. The van der Waals surface area contributed by atoms with Gasteiger partial charge in [-0.1, -0.05) is 6.42 Å². The van der Waals surface area contributed by atoms with Gasteiger partial charge in [0.1, 0.15) is 0 Å². The second kappa shape index (κ2) is 7.84. The summed E-state index contributed by atoms with van der Waals surface area (Å²) in [6.45, 7) is 6.64. The second-order valence-electron chi connectivity index (χ2n) is 6.34. The van der Waals surface area contributed by atoms with Crippen LogP contribution in [0.5, 0.6) is 0 Å². The summed E-state index contributed by atoms with van der Waals surface area (Å²) in [6, 6.07) is 0. The van der Waals surface area contributed by atoms with Crippen molar-refractivity contribution in [3.63, 3.8) is 0 Å². The van der Waals surface area contributed by atoms with Crippen LogP contribution in [0.3, 0.4) is 0 Å². The van der Waals surface area contributed by atoms with Crippen LogP contribution in [0, 0.1) is 5.41 Å². The molecule has 5 nitrogen and oxygen atoms in total. The zero-order valence-corrected chi connectivity index (χ0v) is 13.7. The standard InChI is InChI=1S/C15H31N3O2/c1-14(2,20-5)11-17-13(16-3)18-12-15(7-6-8-15)9-10-19-4/h6-12H2,1-5H3,(H2,16,17,18). The zero-order valence-electron chi connectivity index (χ0n) is 13.7. The molecule has 0 aromatic rings. The molecule has 20 heavy (non-hydrogen) atoms. The van der Waals surface area contributed by atoms with E-state index in [9.17, 15) is 0 Å². The first-order valence-electron chi connectivity index (χ1n) is 7.45. The minimum Gasteiger partial charge on any atom is -0.385 e. The highest BCUT2D eigenvalue weighted by Crippen LogP contribution is 2.43. The van der Waals surface area contributed by atoms with Crippen molar-refractivity contribution < 1.29 is 9.47 Å². The Hall–Kier alpha value is -0.810. The van der Waals surface area contributed by atoms with Crippen molar-refractivity contribution in [3.05, 3.63) is 0 Å². The minimum absolute atomic E-state index is 0.193. The van der Waals surface area contributed by atoms with Crippen molar-refractivity contribution >= 4 is 5.96 Å². The molecule has 0 aromatic heterocycles. The van der Waals surface area contributed by atoms with Crippen LogP contribution in [0.1, 0.15) is 39.5 Å². The van der Waals surface area contributed by atoms with Gasteiger partial charge in [-0.2, -0.15) is 0 Å². The number of aliphatic imine (C=N–C) groups is 1. The maximum atomic E-state index is 5.40. The normalized spacial score (nSPS) is 18.6. The molecule has 1 fully saturated rings. The summed E-state index contributed by atoms with van der Waals surface area (Å²) >= 11 is 0. The van der Waals surface area contributed by atoms with Crippen LogP contribution < -0.4 is 10.6 Å². The van der Waals surface area contributed by atoms with Crippen LogP contribution in [-0.2, 0) is 9.47 Å². The fraction of sp³-hybridized carbons (Fsp3) is 0.933. The van der Waals surface area contributed by atoms with Crippen LogP contribution in [-0.4, -0.2) is 52.5 Å². The van der Waals surface area contributed by atoms with E-state index in [0.29, 0.717) is 5.41 Å². The Morgan fingerprint density at radius 3 is 2.40 bits per heavy atom. The van der Waals surface area contributed by atoms with E-state index in [1.54, 1.807) is 21.3 Å². The van der Waals surface area contributed by atoms with E-state index in [4.69, 9.17) is 9.47 Å². The Bertz CT molecular complexity index is 312. The smallest absolute Gasteiger partial charge is 0.191 e. The predicted octanol–water partition coefficient (Wildman–Crippen LogP) is 1.78. The first-order chi connectivity index (χ1) is 9.47. The zero-order chi connectivity index (χ0) is 15.1. The largest absolute Gasteiger partial charge is 0.385 e. The molecule has 0 unspecified atom stereocenters. The number of methoxy groups -OCH3 is 2. The third-order valence-electron chi connectivity index (χ3n) is 4.34. The Labute approximate surface area is 123 Å². The van der Waals surface area contributed by atoms with Crippen molar-refractivity contribution in [2.45, 2.75) is 45.1 Å². The summed E-state index contributed by atoms with van der Waals surface area (Å²) in [5.41, 5.74) is 0.201. The lowest BCUT2D eigenvalue weighted by Crippen LogP contribution is -2.49. The Kier molecular flexibility index (Phi) is 6.76. The first-order valence-corrected chi connectivity index (χ1v) is 7.45. The monoisotopic (exact) mass is 285 g/mol. The van der Waals surface area contributed by atoms with Crippen LogP contribution in [0.2, 0.25) is 0 Å². The van der Waals surface area contributed by atoms with Crippen molar-refractivity contribution in [1.82, 2.24) is 10.6 Å². The van der Waals surface area contributed by atoms with Gasteiger partial charge in [0.2, 0.25) is 0 Å². The molecule has 0 radical (unpaired) electrons. The van der Waals surface area contributed by atoms with Crippen LogP contribution in [0.4, 0.5) is 0 Å². The van der Waals surface area contributed by atoms with Gasteiger partial charge in [0, 0.05) is 41.0 Å². The van der Waals surface area contributed by atoms with Gasteiger partial charge in [0.15, 0.2) is 5.96 Å². The van der Waals surface area contributed by atoms with Crippen LogP contribution >= 0.6 is 0 Å². The molecule has 0 aromatic carbocycles. The summed E-state index contributed by atoms with van der Waals surface area (Å²) in [5.74, 6) is 0.846. The molecule has 0 heterocycles. The van der Waals surface area contributed by atoms with E-state index in [0.717, 1.165) is 32.1 Å². The van der Waals surface area contributed by atoms with E-state index < -0.39 is 0 Å². The highest BCUT2D eigenvalue weighted by molar-refractivity contribution is 5.79. The van der Waals surface area contributed by atoms with Crippen molar-refractivity contribution in [1.29, 1.82) is 0 Å². The number of hydrogen-bond donors (Lipinski definition) is 2. The van der Waals surface area contributed by atoms with Crippen molar-refractivity contribution in [3.8, 4) is 0 Å². The second-order valence-corrected chi connectivity index (χ2v) is 6.34. The van der Waals surface area contributed by atoms with Gasteiger partial charge in [-0.15, -0.1) is 0 Å². The molecular weight excluding hydrogens is 254 g/mol. The quantitative estimate of drug-likeness (QED) is 0.527. The van der Waals surface area contributed by atoms with Gasteiger partial charge in [-0.05, 0) is 38.5 Å². The van der Waals surface area contributed by atoms with E-state index >= 15 is 0 Å². The van der Waals surface area contributed by atoms with E-state index in [1.165, 1.54) is 19.3 Å². The Morgan fingerprint density at radius 1 is 1.25 bits per heavy atom. The SMILES string of the molecule is CN=C(NCC1(CCOC)CCC1)NCC(C)(C)OC. The summed E-state index contributed by atoms with van der Waals surface area (Å²) in [6.07, 6.45) is 5.01. The molecule has 1 aliphatic rings. The van der Waals surface area contributed by atoms with Crippen LogP contribution in [0.25, 0.3) is 0 Å². The minimum atomic E-state index is -0.193. The molecule has 0 amide bonds. The predicted molar refractivity (Wildman–Crippen MR) is 83.2 cm³/mol. The first kappa shape index (κ1) is 17.2. The highest BCUT2D eigenvalue weighted by atomic mass is 16.5. The topological polar surface area (TPSA) is 54.9 Å². The van der Waals surface area contributed by atoms with Gasteiger partial charge in [-0.25, -0.2) is 0 Å². The summed E-state index contributed by atoms with van der Waals surface area (Å²) in [5, 5.41) is 6.77. The maximum Gasteiger partial charge on any atom is 0.191 e. The Balaban J connectivity index is 2.37. The molecule has 0 atom stereocenters.